The first-order chi connectivity index (χ1) is 11.6. The van der Waals surface area contributed by atoms with Crippen molar-refractivity contribution in [3.05, 3.63) is 64.0 Å². The summed E-state index contributed by atoms with van der Waals surface area (Å²) in [7, 11) is 0. The number of fused-ring (bicyclic) bond motifs is 1. The number of nitrogens with zero attached hydrogens (tertiary/aromatic N) is 2. The third-order valence-electron chi connectivity index (χ3n) is 3.54. The summed E-state index contributed by atoms with van der Waals surface area (Å²) in [6, 6.07) is 13.7. The molecule has 2 aromatic carbocycles. The first kappa shape index (κ1) is 14.4. The Hall–Kier alpha value is -3.19. The normalized spacial score (nSPS) is 12.8. The summed E-state index contributed by atoms with van der Waals surface area (Å²) in [6.45, 7) is 0. The zero-order chi connectivity index (χ0) is 16.7. The Morgan fingerprint density at radius 2 is 1.88 bits per heavy atom. The maximum absolute atomic E-state index is 12.2. The van der Waals surface area contributed by atoms with Gasteiger partial charge in [-0.3, -0.25) is 4.79 Å². The number of carbonyl (C=O) groups excluding carboxylic acids is 1. The van der Waals surface area contributed by atoms with Gasteiger partial charge in [0.2, 0.25) is 5.88 Å². The van der Waals surface area contributed by atoms with E-state index in [0.717, 1.165) is 11.3 Å². The number of thiazole rings is 1. The molecule has 1 aromatic heterocycles. The molecular weight excluding hydrogens is 326 g/mol. The van der Waals surface area contributed by atoms with Crippen molar-refractivity contribution in [2.24, 2.45) is 4.99 Å². The molecule has 1 aliphatic heterocycles. The maximum atomic E-state index is 12.2. The molecule has 1 aliphatic rings. The van der Waals surface area contributed by atoms with Crippen molar-refractivity contribution in [1.29, 1.82) is 0 Å². The lowest BCUT2D eigenvalue weighted by Gasteiger charge is -2.01. The summed E-state index contributed by atoms with van der Waals surface area (Å²) >= 11 is 1.15. The van der Waals surface area contributed by atoms with Crippen LogP contribution in [0.3, 0.4) is 0 Å². The quantitative estimate of drug-likeness (QED) is 0.676. The number of anilines is 2. The minimum absolute atomic E-state index is 0.120. The van der Waals surface area contributed by atoms with Gasteiger partial charge in [-0.2, -0.15) is 4.98 Å². The number of aromatic nitrogens is 1. The Kier molecular flexibility index (Phi) is 3.28. The molecule has 0 bridgehead atoms. The number of aromatic hydroxyl groups is 2. The van der Waals surface area contributed by atoms with Crippen molar-refractivity contribution in [3.8, 4) is 11.6 Å². The molecule has 118 valence electrons. The molecule has 7 heteroatoms. The summed E-state index contributed by atoms with van der Waals surface area (Å²) < 4.78 is 0. The minimum atomic E-state index is -0.390. The van der Waals surface area contributed by atoms with Crippen LogP contribution in [0.2, 0.25) is 0 Å². The third-order valence-corrected chi connectivity index (χ3v) is 4.52. The van der Waals surface area contributed by atoms with E-state index in [1.807, 2.05) is 6.07 Å². The van der Waals surface area contributed by atoms with E-state index in [1.54, 1.807) is 36.4 Å². The van der Waals surface area contributed by atoms with Gasteiger partial charge in [0.15, 0.2) is 5.13 Å². The fourth-order valence-electron chi connectivity index (χ4n) is 2.52. The summed E-state index contributed by atoms with van der Waals surface area (Å²) in [4.78, 5) is 20.6. The van der Waals surface area contributed by atoms with Crippen LogP contribution in [0.5, 0.6) is 11.6 Å². The van der Waals surface area contributed by atoms with Crippen molar-refractivity contribution in [1.82, 2.24) is 4.98 Å². The Morgan fingerprint density at radius 1 is 1.04 bits per heavy atom. The van der Waals surface area contributed by atoms with Crippen molar-refractivity contribution >= 4 is 33.6 Å². The lowest BCUT2D eigenvalue weighted by atomic mass is 10.1. The third kappa shape index (κ3) is 2.40. The van der Waals surface area contributed by atoms with Gasteiger partial charge in [0, 0.05) is 17.0 Å². The Morgan fingerprint density at radius 3 is 2.71 bits per heavy atom. The van der Waals surface area contributed by atoms with E-state index in [4.69, 9.17) is 0 Å². The van der Waals surface area contributed by atoms with Crippen molar-refractivity contribution in [2.75, 3.05) is 5.32 Å². The average Bonchev–Trinajstić information content (AvgIpc) is 3.06. The lowest BCUT2D eigenvalue weighted by molar-refractivity contribution is -0.112. The number of para-hydroxylation sites is 1. The molecule has 0 saturated carbocycles. The standard InChI is InChI=1S/C17H11N3O3S/c21-10-5-3-4-9(8-10)18-17-20-16(23)14(24-17)13-11-6-1-2-7-12(11)19-15(13)22/h1-8,21,23H,(H,18,20). The average molecular weight is 337 g/mol. The molecule has 24 heavy (non-hydrogen) atoms. The molecule has 0 fully saturated rings. The van der Waals surface area contributed by atoms with Crippen molar-refractivity contribution < 1.29 is 15.0 Å². The monoisotopic (exact) mass is 337 g/mol. The molecule has 0 atom stereocenters. The zero-order valence-corrected chi connectivity index (χ0v) is 13.0. The molecule has 3 N–H and O–H groups in total. The number of benzene rings is 2. The summed E-state index contributed by atoms with van der Waals surface area (Å²) in [5.74, 6) is -0.494. The van der Waals surface area contributed by atoms with Gasteiger partial charge in [-0.1, -0.05) is 35.6 Å². The molecule has 0 aliphatic carbocycles. The molecule has 3 aromatic rings. The van der Waals surface area contributed by atoms with E-state index in [2.05, 4.69) is 15.3 Å². The van der Waals surface area contributed by atoms with Gasteiger partial charge in [0.25, 0.3) is 5.91 Å². The second-order valence-corrected chi connectivity index (χ2v) is 6.16. The van der Waals surface area contributed by atoms with Crippen LogP contribution < -0.4 is 15.9 Å². The number of nitrogens with one attached hydrogen (secondary N) is 1. The first-order valence-electron chi connectivity index (χ1n) is 7.10. The van der Waals surface area contributed by atoms with Crippen LogP contribution >= 0.6 is 11.3 Å². The van der Waals surface area contributed by atoms with Gasteiger partial charge < -0.3 is 15.5 Å². The van der Waals surface area contributed by atoms with Gasteiger partial charge in [-0.25, -0.2) is 4.99 Å². The number of amides is 1. The Labute approximate surface area is 140 Å². The van der Waals surface area contributed by atoms with E-state index in [9.17, 15) is 15.0 Å². The van der Waals surface area contributed by atoms with Crippen LogP contribution in [0, 0.1) is 0 Å². The van der Waals surface area contributed by atoms with E-state index in [0.29, 0.717) is 31.8 Å². The number of hydrogen-bond donors (Lipinski definition) is 3. The van der Waals surface area contributed by atoms with Gasteiger partial charge >= 0.3 is 0 Å². The number of rotatable bonds is 3. The van der Waals surface area contributed by atoms with Crippen LogP contribution in [-0.2, 0) is 4.79 Å². The molecule has 0 spiro atoms. The van der Waals surface area contributed by atoms with Crippen LogP contribution in [0.1, 0.15) is 4.88 Å². The number of carbonyl (C=O) groups is 1. The minimum Gasteiger partial charge on any atom is -0.508 e. The SMILES string of the molecule is O=C1N=c2ccccc2=C1c1sc(Nc2cccc(O)c2)nc1O. The molecule has 2 heterocycles. The summed E-state index contributed by atoms with van der Waals surface area (Å²) in [5, 5.41) is 24.4. The molecule has 1 amide bonds. The Bertz CT molecular complexity index is 1090. The molecule has 4 rings (SSSR count). The van der Waals surface area contributed by atoms with Crippen LogP contribution in [0.25, 0.3) is 5.57 Å². The van der Waals surface area contributed by atoms with Gasteiger partial charge in [0.1, 0.15) is 10.6 Å². The fourth-order valence-corrected chi connectivity index (χ4v) is 3.45. The van der Waals surface area contributed by atoms with E-state index in [-0.39, 0.29) is 17.5 Å². The Balaban J connectivity index is 1.78. The van der Waals surface area contributed by atoms with Gasteiger partial charge in [-0.05, 0) is 18.2 Å². The van der Waals surface area contributed by atoms with E-state index in [1.165, 1.54) is 6.07 Å². The maximum Gasteiger partial charge on any atom is 0.279 e. The van der Waals surface area contributed by atoms with Gasteiger partial charge in [0.05, 0.1) is 10.9 Å². The van der Waals surface area contributed by atoms with Gasteiger partial charge in [-0.15, -0.1) is 0 Å². The summed E-state index contributed by atoms with van der Waals surface area (Å²) in [6.07, 6.45) is 0. The van der Waals surface area contributed by atoms with Crippen molar-refractivity contribution in [3.63, 3.8) is 0 Å². The number of phenolic OH excluding ortho intramolecular Hbond substituents is 1. The van der Waals surface area contributed by atoms with Crippen molar-refractivity contribution in [2.45, 2.75) is 0 Å². The van der Waals surface area contributed by atoms with E-state index < -0.39 is 0 Å². The van der Waals surface area contributed by atoms with Crippen LogP contribution in [0.15, 0.2) is 53.5 Å². The highest BCUT2D eigenvalue weighted by Gasteiger charge is 2.24. The smallest absolute Gasteiger partial charge is 0.279 e. The summed E-state index contributed by atoms with van der Waals surface area (Å²) in [5.41, 5.74) is 0.979. The lowest BCUT2D eigenvalue weighted by Crippen LogP contribution is -2.22. The number of hydrogen-bond acceptors (Lipinski definition) is 6. The molecule has 0 saturated heterocycles. The molecule has 0 radical (unpaired) electrons. The number of phenols is 1. The largest absolute Gasteiger partial charge is 0.508 e. The van der Waals surface area contributed by atoms with Crippen LogP contribution in [0.4, 0.5) is 10.8 Å². The topological polar surface area (TPSA) is 94.8 Å². The predicted molar refractivity (Wildman–Crippen MR) is 89.9 cm³/mol. The highest BCUT2D eigenvalue weighted by Crippen LogP contribution is 2.35. The highest BCUT2D eigenvalue weighted by atomic mass is 32.1. The first-order valence-corrected chi connectivity index (χ1v) is 7.92. The molecule has 0 unspecified atom stereocenters. The van der Waals surface area contributed by atoms with E-state index >= 15 is 0 Å². The molecule has 6 nitrogen and oxygen atoms in total. The van der Waals surface area contributed by atoms with Crippen LogP contribution in [-0.4, -0.2) is 21.1 Å². The highest BCUT2D eigenvalue weighted by molar-refractivity contribution is 7.17. The predicted octanol–water partition coefficient (Wildman–Crippen LogP) is 1.66. The fraction of sp³-hybridized carbons (Fsp3) is 0. The molecular formula is C17H11N3O3S. The second-order valence-electron chi connectivity index (χ2n) is 5.16. The second kappa shape index (κ2) is 5.47. The zero-order valence-electron chi connectivity index (χ0n) is 12.2.